The number of benzene rings is 2. The molecule has 0 aliphatic carbocycles. The highest BCUT2D eigenvalue weighted by molar-refractivity contribution is 9.10. The van der Waals surface area contributed by atoms with Crippen LogP contribution in [-0.2, 0) is 0 Å². The standard InChI is InChI=1S/C21H14Br2N4O/c1-12-21-20(18-9-24-11-28-18)25-10-27(21)17-7-6-13(22)8-15(17)19(26-12)14-4-2-3-5-16(14)23/h2-12H,1H3/t12-/m1/s1. The van der Waals surface area contributed by atoms with Crippen LogP contribution in [0, 0.1) is 0 Å². The van der Waals surface area contributed by atoms with Crippen molar-refractivity contribution in [3.63, 3.8) is 0 Å². The lowest BCUT2D eigenvalue weighted by Crippen LogP contribution is -2.07. The first kappa shape index (κ1) is 17.6. The van der Waals surface area contributed by atoms with Gasteiger partial charge in [0.25, 0.3) is 0 Å². The van der Waals surface area contributed by atoms with E-state index in [0.717, 1.165) is 42.9 Å². The molecule has 4 aromatic rings. The van der Waals surface area contributed by atoms with Gasteiger partial charge >= 0.3 is 0 Å². The van der Waals surface area contributed by atoms with Gasteiger partial charge in [-0.25, -0.2) is 9.97 Å². The molecule has 5 nitrogen and oxygen atoms in total. The maximum atomic E-state index is 5.52. The fraction of sp³-hybridized carbons (Fsp3) is 0.0952. The molecule has 0 amide bonds. The molecule has 2 aromatic heterocycles. The zero-order chi connectivity index (χ0) is 19.3. The molecular formula is C21H14Br2N4O. The Balaban J connectivity index is 1.82. The summed E-state index contributed by atoms with van der Waals surface area (Å²) in [6.07, 6.45) is 4.93. The molecule has 1 atom stereocenters. The largest absolute Gasteiger partial charge is 0.442 e. The van der Waals surface area contributed by atoms with E-state index in [1.165, 1.54) is 6.39 Å². The second-order valence-electron chi connectivity index (χ2n) is 6.51. The summed E-state index contributed by atoms with van der Waals surface area (Å²) in [5, 5.41) is 0. The number of halogens is 2. The normalized spacial score (nSPS) is 15.5. The van der Waals surface area contributed by atoms with Crippen molar-refractivity contribution < 1.29 is 4.42 Å². The molecule has 2 aromatic carbocycles. The van der Waals surface area contributed by atoms with Gasteiger partial charge in [-0.3, -0.25) is 9.56 Å². The molecule has 3 heterocycles. The molecule has 0 saturated carbocycles. The van der Waals surface area contributed by atoms with Crippen LogP contribution in [0.15, 0.2) is 79.7 Å². The van der Waals surface area contributed by atoms with Crippen molar-refractivity contribution in [3.8, 4) is 17.1 Å². The van der Waals surface area contributed by atoms with Gasteiger partial charge in [0.1, 0.15) is 12.0 Å². The van der Waals surface area contributed by atoms with Crippen molar-refractivity contribution in [1.82, 2.24) is 14.5 Å². The first-order chi connectivity index (χ1) is 13.6. The van der Waals surface area contributed by atoms with Crippen LogP contribution in [0.2, 0.25) is 0 Å². The second-order valence-corrected chi connectivity index (χ2v) is 8.28. The van der Waals surface area contributed by atoms with Crippen LogP contribution in [-0.4, -0.2) is 20.2 Å². The van der Waals surface area contributed by atoms with Gasteiger partial charge in [0.05, 0.1) is 29.3 Å². The van der Waals surface area contributed by atoms with E-state index in [4.69, 9.17) is 9.41 Å². The molecule has 0 unspecified atom stereocenters. The Morgan fingerprint density at radius 2 is 1.93 bits per heavy atom. The van der Waals surface area contributed by atoms with Crippen LogP contribution in [0.25, 0.3) is 17.1 Å². The van der Waals surface area contributed by atoms with Gasteiger partial charge in [-0.15, -0.1) is 0 Å². The van der Waals surface area contributed by atoms with Crippen LogP contribution in [0.3, 0.4) is 0 Å². The van der Waals surface area contributed by atoms with E-state index in [9.17, 15) is 0 Å². The van der Waals surface area contributed by atoms with E-state index in [2.05, 4.69) is 71.5 Å². The second kappa shape index (κ2) is 6.83. The van der Waals surface area contributed by atoms with Crippen molar-refractivity contribution in [2.45, 2.75) is 13.0 Å². The van der Waals surface area contributed by atoms with Crippen LogP contribution >= 0.6 is 31.9 Å². The van der Waals surface area contributed by atoms with Gasteiger partial charge in [-0.2, -0.15) is 0 Å². The highest BCUT2D eigenvalue weighted by atomic mass is 79.9. The lowest BCUT2D eigenvalue weighted by atomic mass is 10.0. The molecule has 0 spiro atoms. The fourth-order valence-corrected chi connectivity index (χ4v) is 4.41. The Morgan fingerprint density at radius 1 is 1.07 bits per heavy atom. The number of aliphatic imine (C=N–C) groups is 1. The van der Waals surface area contributed by atoms with E-state index < -0.39 is 0 Å². The number of nitrogens with zero attached hydrogens (tertiary/aromatic N) is 4. The van der Waals surface area contributed by atoms with Crippen molar-refractivity contribution in [3.05, 3.63) is 87.1 Å². The van der Waals surface area contributed by atoms with Gasteiger partial charge in [-0.1, -0.05) is 50.1 Å². The third-order valence-electron chi connectivity index (χ3n) is 4.79. The van der Waals surface area contributed by atoms with Crippen molar-refractivity contribution >= 4 is 37.6 Å². The van der Waals surface area contributed by atoms with Crippen LogP contribution in [0.1, 0.15) is 29.8 Å². The molecule has 138 valence electrons. The first-order valence-electron chi connectivity index (χ1n) is 8.72. The monoisotopic (exact) mass is 496 g/mol. The third kappa shape index (κ3) is 2.77. The average Bonchev–Trinajstić information content (AvgIpc) is 3.34. The van der Waals surface area contributed by atoms with Crippen LogP contribution in [0.5, 0.6) is 0 Å². The molecule has 1 aliphatic rings. The SMILES string of the molecule is C[C@H]1N=C(c2ccccc2Br)c2cc(Br)ccc2-n2cnc(-c3cnco3)c21. The lowest BCUT2D eigenvalue weighted by molar-refractivity contribution is 0.568. The highest BCUT2D eigenvalue weighted by Crippen LogP contribution is 2.37. The summed E-state index contributed by atoms with van der Waals surface area (Å²) in [6.45, 7) is 2.07. The van der Waals surface area contributed by atoms with Gasteiger partial charge in [0.15, 0.2) is 12.2 Å². The van der Waals surface area contributed by atoms with Crippen molar-refractivity contribution in [1.29, 1.82) is 0 Å². The van der Waals surface area contributed by atoms with E-state index in [1.54, 1.807) is 6.20 Å². The molecule has 28 heavy (non-hydrogen) atoms. The van der Waals surface area contributed by atoms with Crippen LogP contribution in [0.4, 0.5) is 0 Å². The van der Waals surface area contributed by atoms with Crippen molar-refractivity contribution in [2.24, 2.45) is 4.99 Å². The average molecular weight is 498 g/mol. The number of oxazole rings is 1. The molecule has 7 heteroatoms. The van der Waals surface area contributed by atoms with Gasteiger partial charge in [0.2, 0.25) is 0 Å². The maximum absolute atomic E-state index is 5.52. The number of aromatic nitrogens is 3. The highest BCUT2D eigenvalue weighted by Gasteiger charge is 2.28. The van der Waals surface area contributed by atoms with Gasteiger partial charge < -0.3 is 4.42 Å². The summed E-state index contributed by atoms with van der Waals surface area (Å²) >= 11 is 7.30. The molecule has 0 saturated heterocycles. The summed E-state index contributed by atoms with van der Waals surface area (Å²) in [5.41, 5.74) is 5.78. The Morgan fingerprint density at radius 3 is 2.71 bits per heavy atom. The smallest absolute Gasteiger partial charge is 0.181 e. The van der Waals surface area contributed by atoms with E-state index in [0.29, 0.717) is 5.76 Å². The zero-order valence-corrected chi connectivity index (χ0v) is 18.0. The minimum absolute atomic E-state index is 0.129. The molecule has 0 radical (unpaired) electrons. The molecule has 0 fully saturated rings. The Labute approximate surface area is 178 Å². The van der Waals surface area contributed by atoms with Gasteiger partial charge in [-0.05, 0) is 31.2 Å². The van der Waals surface area contributed by atoms with E-state index in [-0.39, 0.29) is 6.04 Å². The maximum Gasteiger partial charge on any atom is 0.181 e. The number of hydrogen-bond acceptors (Lipinski definition) is 4. The Kier molecular flexibility index (Phi) is 4.29. The summed E-state index contributed by atoms with van der Waals surface area (Å²) in [6, 6.07) is 14.2. The summed E-state index contributed by atoms with van der Waals surface area (Å²) < 4.78 is 9.62. The predicted octanol–water partition coefficient (Wildman–Crippen LogP) is 5.96. The summed E-state index contributed by atoms with van der Waals surface area (Å²) in [4.78, 5) is 13.8. The lowest BCUT2D eigenvalue weighted by Gasteiger charge is -2.13. The Bertz CT molecular complexity index is 1210. The Hall–Kier alpha value is -2.51. The number of imidazole rings is 1. The quantitative estimate of drug-likeness (QED) is 0.343. The summed E-state index contributed by atoms with van der Waals surface area (Å²) in [7, 11) is 0. The zero-order valence-electron chi connectivity index (χ0n) is 14.8. The van der Waals surface area contributed by atoms with Crippen molar-refractivity contribution in [2.75, 3.05) is 0 Å². The first-order valence-corrected chi connectivity index (χ1v) is 10.3. The minimum Gasteiger partial charge on any atom is -0.442 e. The predicted molar refractivity (Wildman–Crippen MR) is 115 cm³/mol. The number of fused-ring (bicyclic) bond motifs is 3. The topological polar surface area (TPSA) is 56.2 Å². The fourth-order valence-electron chi connectivity index (χ4n) is 3.57. The third-order valence-corrected chi connectivity index (χ3v) is 5.98. The van der Waals surface area contributed by atoms with E-state index >= 15 is 0 Å². The molecule has 5 rings (SSSR count). The molecule has 1 aliphatic heterocycles. The number of rotatable bonds is 2. The number of hydrogen-bond donors (Lipinski definition) is 0. The minimum atomic E-state index is -0.129. The van der Waals surface area contributed by atoms with E-state index in [1.807, 2.05) is 30.6 Å². The van der Waals surface area contributed by atoms with Gasteiger partial charge in [0, 0.05) is 20.1 Å². The molecule has 0 N–H and O–H groups in total. The van der Waals surface area contributed by atoms with Crippen LogP contribution < -0.4 is 0 Å². The summed E-state index contributed by atoms with van der Waals surface area (Å²) in [5.74, 6) is 0.638. The molecule has 0 bridgehead atoms. The molecular weight excluding hydrogens is 484 g/mol.